The number of rotatable bonds is 1. The van der Waals surface area contributed by atoms with Crippen LogP contribution in [0.5, 0.6) is 0 Å². The van der Waals surface area contributed by atoms with E-state index >= 15 is 0 Å². The molecule has 2 aliphatic rings. The minimum absolute atomic E-state index is 0.0621. The highest BCUT2D eigenvalue weighted by Crippen LogP contribution is 2.57. The molecule has 3 rings (SSSR count). The van der Waals surface area contributed by atoms with Crippen molar-refractivity contribution in [3.8, 4) is 0 Å². The summed E-state index contributed by atoms with van der Waals surface area (Å²) < 4.78 is 5.47. The average molecular weight is 232 g/mol. The normalized spacial score (nSPS) is 31.8. The van der Waals surface area contributed by atoms with Crippen LogP contribution in [0.4, 0.5) is 0 Å². The summed E-state index contributed by atoms with van der Waals surface area (Å²) in [5.74, 6) is 0. The Morgan fingerprint density at radius 3 is 2.35 bits per heavy atom. The fraction of sp³-hybridized carbons (Fsp3) is 0.600. The SMILES string of the molecule is OC1(c2ccccc2)CCCC12CCOCC2. The number of hydrogen-bond acceptors (Lipinski definition) is 2. The average Bonchev–Trinajstić information content (AvgIpc) is 2.70. The summed E-state index contributed by atoms with van der Waals surface area (Å²) in [6, 6.07) is 10.2. The van der Waals surface area contributed by atoms with Crippen LogP contribution in [0.1, 0.15) is 37.7 Å². The van der Waals surface area contributed by atoms with Gasteiger partial charge in [0.15, 0.2) is 0 Å². The molecule has 0 bridgehead atoms. The summed E-state index contributed by atoms with van der Waals surface area (Å²) in [5.41, 5.74) is 0.532. The lowest BCUT2D eigenvalue weighted by atomic mass is 9.66. The van der Waals surface area contributed by atoms with E-state index in [9.17, 15) is 5.11 Å². The lowest BCUT2D eigenvalue weighted by Gasteiger charge is -2.45. The molecule has 1 saturated heterocycles. The lowest BCUT2D eigenvalue weighted by molar-refractivity contribution is -0.119. The first-order valence-corrected chi connectivity index (χ1v) is 6.63. The molecule has 1 N–H and O–H groups in total. The van der Waals surface area contributed by atoms with Gasteiger partial charge in [-0.25, -0.2) is 0 Å². The Bertz CT molecular complexity index is 381. The number of ether oxygens (including phenoxy) is 1. The zero-order valence-corrected chi connectivity index (χ0v) is 10.2. The third kappa shape index (κ3) is 1.62. The minimum Gasteiger partial charge on any atom is -0.385 e. The van der Waals surface area contributed by atoms with E-state index in [0.717, 1.165) is 50.9 Å². The molecule has 1 aromatic carbocycles. The van der Waals surface area contributed by atoms with Gasteiger partial charge in [0, 0.05) is 18.6 Å². The van der Waals surface area contributed by atoms with Crippen molar-refractivity contribution in [2.75, 3.05) is 13.2 Å². The van der Waals surface area contributed by atoms with E-state index < -0.39 is 5.60 Å². The maximum atomic E-state index is 11.2. The highest BCUT2D eigenvalue weighted by molar-refractivity contribution is 5.27. The van der Waals surface area contributed by atoms with Crippen molar-refractivity contribution in [3.63, 3.8) is 0 Å². The van der Waals surface area contributed by atoms with Crippen LogP contribution in [0.15, 0.2) is 30.3 Å². The van der Waals surface area contributed by atoms with Gasteiger partial charge in [0.05, 0.1) is 5.60 Å². The first-order valence-electron chi connectivity index (χ1n) is 6.63. The number of benzene rings is 1. The Kier molecular flexibility index (Phi) is 2.72. The molecule has 1 aliphatic carbocycles. The Morgan fingerprint density at radius 1 is 0.941 bits per heavy atom. The molecule has 17 heavy (non-hydrogen) atoms. The van der Waals surface area contributed by atoms with Crippen LogP contribution in [-0.2, 0) is 10.3 Å². The molecular formula is C15H20O2. The first-order chi connectivity index (χ1) is 8.27. The van der Waals surface area contributed by atoms with Crippen molar-refractivity contribution in [1.29, 1.82) is 0 Å². The maximum absolute atomic E-state index is 11.2. The molecule has 92 valence electrons. The molecule has 2 heteroatoms. The van der Waals surface area contributed by atoms with Gasteiger partial charge in [-0.3, -0.25) is 0 Å². The van der Waals surface area contributed by atoms with E-state index in [4.69, 9.17) is 4.74 Å². The zero-order chi connectivity index (χ0) is 11.8. The quantitative estimate of drug-likeness (QED) is 0.806. The maximum Gasteiger partial charge on any atom is 0.0954 e. The third-order valence-corrected chi connectivity index (χ3v) is 4.77. The Hall–Kier alpha value is -0.860. The molecule has 0 amide bonds. The van der Waals surface area contributed by atoms with Crippen LogP contribution >= 0.6 is 0 Å². The van der Waals surface area contributed by atoms with E-state index in [1.165, 1.54) is 0 Å². The topological polar surface area (TPSA) is 29.5 Å². The van der Waals surface area contributed by atoms with Gasteiger partial charge in [-0.15, -0.1) is 0 Å². The highest BCUT2D eigenvalue weighted by Gasteiger charge is 2.54. The minimum atomic E-state index is -0.627. The summed E-state index contributed by atoms with van der Waals surface area (Å²) in [4.78, 5) is 0. The molecule has 1 unspecified atom stereocenters. The second-order valence-electron chi connectivity index (χ2n) is 5.47. The van der Waals surface area contributed by atoms with E-state index in [1.807, 2.05) is 18.2 Å². The fourth-order valence-corrected chi connectivity index (χ4v) is 3.74. The molecule has 0 aromatic heterocycles. The first kappa shape index (κ1) is 11.2. The van der Waals surface area contributed by atoms with Crippen LogP contribution in [0.2, 0.25) is 0 Å². The number of hydrogen-bond donors (Lipinski definition) is 1. The van der Waals surface area contributed by atoms with Crippen LogP contribution in [-0.4, -0.2) is 18.3 Å². The summed E-state index contributed by atoms with van der Waals surface area (Å²) in [6.07, 6.45) is 5.17. The Balaban J connectivity index is 2.00. The number of aliphatic hydroxyl groups is 1. The predicted molar refractivity (Wildman–Crippen MR) is 66.7 cm³/mol. The fourth-order valence-electron chi connectivity index (χ4n) is 3.74. The van der Waals surface area contributed by atoms with Crippen molar-refractivity contribution >= 4 is 0 Å². The van der Waals surface area contributed by atoms with Gasteiger partial charge in [-0.2, -0.15) is 0 Å². The van der Waals surface area contributed by atoms with Crippen LogP contribution in [0.3, 0.4) is 0 Å². The third-order valence-electron chi connectivity index (χ3n) is 4.77. The highest BCUT2D eigenvalue weighted by atomic mass is 16.5. The Labute approximate surface area is 103 Å². The molecule has 1 atom stereocenters. The summed E-state index contributed by atoms with van der Waals surface area (Å²) >= 11 is 0. The van der Waals surface area contributed by atoms with Gasteiger partial charge in [-0.1, -0.05) is 30.3 Å². The van der Waals surface area contributed by atoms with Crippen molar-refractivity contribution in [2.24, 2.45) is 5.41 Å². The van der Waals surface area contributed by atoms with Crippen LogP contribution in [0, 0.1) is 5.41 Å². The van der Waals surface area contributed by atoms with E-state index in [-0.39, 0.29) is 5.41 Å². The summed E-state index contributed by atoms with van der Waals surface area (Å²) in [7, 11) is 0. The van der Waals surface area contributed by atoms with E-state index in [1.54, 1.807) is 0 Å². The van der Waals surface area contributed by atoms with Crippen molar-refractivity contribution in [1.82, 2.24) is 0 Å². The van der Waals surface area contributed by atoms with Gasteiger partial charge in [-0.05, 0) is 37.7 Å². The monoisotopic (exact) mass is 232 g/mol. The molecule has 0 radical (unpaired) electrons. The van der Waals surface area contributed by atoms with Gasteiger partial charge < -0.3 is 9.84 Å². The lowest BCUT2D eigenvalue weighted by Crippen LogP contribution is -2.45. The van der Waals surface area contributed by atoms with E-state index in [0.29, 0.717) is 0 Å². The molecule has 1 aliphatic heterocycles. The molecule has 2 fully saturated rings. The molecule has 1 saturated carbocycles. The van der Waals surface area contributed by atoms with Gasteiger partial charge in [0.1, 0.15) is 0 Å². The second kappa shape index (κ2) is 4.11. The van der Waals surface area contributed by atoms with Gasteiger partial charge in [0.25, 0.3) is 0 Å². The largest absolute Gasteiger partial charge is 0.385 e. The standard InChI is InChI=1S/C15H20O2/c16-15(13-5-2-1-3-6-13)8-4-7-14(15)9-11-17-12-10-14/h1-3,5-6,16H,4,7-12H2. The summed E-state index contributed by atoms with van der Waals surface area (Å²) in [5, 5.41) is 11.2. The molecule has 2 nitrogen and oxygen atoms in total. The van der Waals surface area contributed by atoms with E-state index in [2.05, 4.69) is 12.1 Å². The zero-order valence-electron chi connectivity index (χ0n) is 10.2. The molecule has 1 spiro atoms. The van der Waals surface area contributed by atoms with Crippen LogP contribution < -0.4 is 0 Å². The van der Waals surface area contributed by atoms with Crippen molar-refractivity contribution < 1.29 is 9.84 Å². The molecular weight excluding hydrogens is 212 g/mol. The molecule has 1 heterocycles. The van der Waals surface area contributed by atoms with Gasteiger partial charge in [0.2, 0.25) is 0 Å². The second-order valence-corrected chi connectivity index (χ2v) is 5.47. The van der Waals surface area contributed by atoms with Crippen molar-refractivity contribution in [3.05, 3.63) is 35.9 Å². The summed E-state index contributed by atoms with van der Waals surface area (Å²) in [6.45, 7) is 1.60. The molecule has 1 aromatic rings. The predicted octanol–water partition coefficient (Wildman–Crippen LogP) is 2.85. The van der Waals surface area contributed by atoms with Crippen molar-refractivity contribution in [2.45, 2.75) is 37.7 Å². The van der Waals surface area contributed by atoms with Gasteiger partial charge >= 0.3 is 0 Å². The Morgan fingerprint density at radius 2 is 1.65 bits per heavy atom. The smallest absolute Gasteiger partial charge is 0.0954 e. The van der Waals surface area contributed by atoms with Crippen LogP contribution in [0.25, 0.3) is 0 Å².